The van der Waals surface area contributed by atoms with Gasteiger partial charge in [0.15, 0.2) is 11.5 Å². The number of rotatable bonds is 5. The van der Waals surface area contributed by atoms with Gasteiger partial charge in [-0.05, 0) is 12.1 Å². The largest absolute Gasteiger partial charge is 0.493 e. The van der Waals surface area contributed by atoms with E-state index in [2.05, 4.69) is 5.32 Å². The maximum absolute atomic E-state index is 13.0. The van der Waals surface area contributed by atoms with Gasteiger partial charge in [0.25, 0.3) is 5.91 Å². The van der Waals surface area contributed by atoms with Gasteiger partial charge in [0, 0.05) is 37.8 Å². The van der Waals surface area contributed by atoms with Crippen molar-refractivity contribution >= 4 is 36.0 Å². The van der Waals surface area contributed by atoms with E-state index in [-0.39, 0.29) is 30.3 Å². The van der Waals surface area contributed by atoms with Crippen LogP contribution >= 0.6 is 24.2 Å². The van der Waals surface area contributed by atoms with Crippen molar-refractivity contribution in [2.45, 2.75) is 6.04 Å². The molecular weight excluding hydrogens is 406 g/mol. The van der Waals surface area contributed by atoms with Crippen molar-refractivity contribution in [3.8, 4) is 17.2 Å². The number of thioether (sulfide) groups is 1. The third-order valence-electron chi connectivity index (χ3n) is 4.83. The Morgan fingerprint density at radius 1 is 1.00 bits per heavy atom. The Kier molecular flexibility index (Phi) is 8.09. The molecule has 8 nitrogen and oxygen atoms in total. The van der Waals surface area contributed by atoms with E-state index in [4.69, 9.17) is 14.2 Å². The zero-order valence-electron chi connectivity index (χ0n) is 16.2. The minimum absolute atomic E-state index is 0. The van der Waals surface area contributed by atoms with Crippen LogP contribution in [0.2, 0.25) is 0 Å². The molecule has 0 bridgehead atoms. The Bertz CT molecular complexity index is 707. The molecule has 0 radical (unpaired) electrons. The van der Waals surface area contributed by atoms with E-state index < -0.39 is 0 Å². The fraction of sp³-hybridized carbons (Fsp3) is 0.556. The first-order valence-corrected chi connectivity index (χ1v) is 9.94. The molecule has 0 spiro atoms. The van der Waals surface area contributed by atoms with Crippen molar-refractivity contribution in [3.05, 3.63) is 17.7 Å². The summed E-state index contributed by atoms with van der Waals surface area (Å²) in [5, 5.41) is 3.20. The van der Waals surface area contributed by atoms with E-state index in [1.165, 1.54) is 21.3 Å². The summed E-state index contributed by atoms with van der Waals surface area (Å²) in [6.45, 7) is 2.04. The number of hydrogen-bond donors (Lipinski definition) is 1. The molecule has 1 aromatic carbocycles. The highest BCUT2D eigenvalue weighted by molar-refractivity contribution is 7.99. The molecule has 28 heavy (non-hydrogen) atoms. The highest BCUT2D eigenvalue weighted by Crippen LogP contribution is 2.40. The van der Waals surface area contributed by atoms with E-state index in [0.717, 1.165) is 11.6 Å². The van der Waals surface area contributed by atoms with Crippen LogP contribution in [0.1, 0.15) is 10.4 Å². The molecule has 1 aromatic rings. The second-order valence-corrected chi connectivity index (χ2v) is 7.30. The monoisotopic (exact) mass is 431 g/mol. The molecular formula is C18H26ClN3O5S. The molecule has 1 unspecified atom stereocenters. The Morgan fingerprint density at radius 3 is 2.18 bits per heavy atom. The highest BCUT2D eigenvalue weighted by atomic mass is 35.5. The number of carbonyl (C=O) groups excluding carboxylic acids is 2. The first-order chi connectivity index (χ1) is 13.1. The third kappa shape index (κ3) is 4.42. The van der Waals surface area contributed by atoms with Gasteiger partial charge in [0.05, 0.1) is 32.9 Å². The van der Waals surface area contributed by atoms with Crippen molar-refractivity contribution in [1.82, 2.24) is 15.1 Å². The van der Waals surface area contributed by atoms with E-state index in [0.29, 0.717) is 49.0 Å². The normalized spacial score (nSPS) is 19.0. The van der Waals surface area contributed by atoms with Crippen molar-refractivity contribution in [3.63, 3.8) is 0 Å². The van der Waals surface area contributed by atoms with Crippen LogP contribution in [0.3, 0.4) is 0 Å². The zero-order valence-corrected chi connectivity index (χ0v) is 17.9. The predicted octanol–water partition coefficient (Wildman–Crippen LogP) is 1.08. The van der Waals surface area contributed by atoms with Crippen LogP contribution in [0.5, 0.6) is 17.2 Å². The topological polar surface area (TPSA) is 80.3 Å². The molecule has 2 amide bonds. The average Bonchev–Trinajstić information content (AvgIpc) is 3.26. The van der Waals surface area contributed by atoms with Crippen LogP contribution in [0.4, 0.5) is 0 Å². The molecule has 0 aromatic heterocycles. The molecule has 1 N–H and O–H groups in total. The first-order valence-electron chi connectivity index (χ1n) is 8.78. The minimum atomic E-state index is -0.144. The summed E-state index contributed by atoms with van der Waals surface area (Å²) in [6.07, 6.45) is 0. The second kappa shape index (κ2) is 10.1. The molecule has 2 aliphatic heterocycles. The highest BCUT2D eigenvalue weighted by Gasteiger charge is 2.32. The van der Waals surface area contributed by atoms with E-state index >= 15 is 0 Å². The van der Waals surface area contributed by atoms with Gasteiger partial charge < -0.3 is 24.0 Å². The average molecular weight is 432 g/mol. The van der Waals surface area contributed by atoms with Gasteiger partial charge in [-0.25, -0.2) is 0 Å². The van der Waals surface area contributed by atoms with Crippen molar-refractivity contribution in [2.24, 2.45) is 0 Å². The fourth-order valence-corrected chi connectivity index (χ4v) is 4.28. The predicted molar refractivity (Wildman–Crippen MR) is 110 cm³/mol. The molecule has 156 valence electrons. The summed E-state index contributed by atoms with van der Waals surface area (Å²) in [7, 11) is 4.54. The molecule has 2 fully saturated rings. The van der Waals surface area contributed by atoms with Gasteiger partial charge in [0.2, 0.25) is 11.7 Å². The molecule has 2 saturated heterocycles. The van der Waals surface area contributed by atoms with Gasteiger partial charge in [-0.1, -0.05) is 0 Å². The number of nitrogens with zero attached hydrogens (tertiary/aromatic N) is 2. The summed E-state index contributed by atoms with van der Waals surface area (Å²) in [5.41, 5.74) is 0.420. The SMILES string of the molecule is COc1ccc(C(=O)N2CCN(C(=O)C3CSCN3)CC2)c(OC)c1OC.Cl. The van der Waals surface area contributed by atoms with Gasteiger partial charge >= 0.3 is 0 Å². The number of halogens is 1. The van der Waals surface area contributed by atoms with Crippen molar-refractivity contribution < 1.29 is 23.8 Å². The Hall–Kier alpha value is -1.84. The van der Waals surface area contributed by atoms with Crippen molar-refractivity contribution in [2.75, 3.05) is 59.1 Å². The van der Waals surface area contributed by atoms with Gasteiger partial charge in [-0.3, -0.25) is 14.9 Å². The standard InChI is InChI=1S/C18H25N3O5S.ClH/c1-24-14-5-4-12(15(25-2)16(14)26-3)17(22)20-6-8-21(9-7-20)18(23)13-10-27-11-19-13;/h4-5,13,19H,6-11H2,1-3H3;1H. The summed E-state index contributed by atoms with van der Waals surface area (Å²) in [4.78, 5) is 29.1. The van der Waals surface area contributed by atoms with Crippen LogP contribution in [-0.2, 0) is 4.79 Å². The van der Waals surface area contributed by atoms with Gasteiger partial charge in [-0.2, -0.15) is 0 Å². The molecule has 0 saturated carbocycles. The number of amides is 2. The molecule has 2 heterocycles. The molecule has 2 aliphatic rings. The zero-order chi connectivity index (χ0) is 19.4. The minimum Gasteiger partial charge on any atom is -0.493 e. The second-order valence-electron chi connectivity index (χ2n) is 6.27. The van der Waals surface area contributed by atoms with E-state index in [1.54, 1.807) is 28.8 Å². The van der Waals surface area contributed by atoms with E-state index in [1.807, 2.05) is 4.90 Å². The van der Waals surface area contributed by atoms with Crippen LogP contribution in [-0.4, -0.2) is 86.8 Å². The van der Waals surface area contributed by atoms with Gasteiger partial charge in [-0.15, -0.1) is 24.2 Å². The maximum atomic E-state index is 13.0. The number of ether oxygens (including phenoxy) is 3. The number of piperazine rings is 1. The quantitative estimate of drug-likeness (QED) is 0.747. The van der Waals surface area contributed by atoms with Crippen LogP contribution in [0.15, 0.2) is 12.1 Å². The van der Waals surface area contributed by atoms with Crippen LogP contribution < -0.4 is 19.5 Å². The number of hydrogen-bond acceptors (Lipinski definition) is 7. The first kappa shape index (κ1) is 22.4. The van der Waals surface area contributed by atoms with E-state index in [9.17, 15) is 9.59 Å². The lowest BCUT2D eigenvalue weighted by Crippen LogP contribution is -2.54. The molecule has 10 heteroatoms. The summed E-state index contributed by atoms with van der Waals surface area (Å²) >= 11 is 1.73. The number of methoxy groups -OCH3 is 3. The molecule has 1 atom stereocenters. The number of benzene rings is 1. The lowest BCUT2D eigenvalue weighted by atomic mass is 10.1. The van der Waals surface area contributed by atoms with Crippen LogP contribution in [0, 0.1) is 0 Å². The Balaban J connectivity index is 0.00000280. The Labute approximate surface area is 175 Å². The Morgan fingerprint density at radius 2 is 1.64 bits per heavy atom. The summed E-state index contributed by atoms with van der Waals surface area (Å²) in [6, 6.07) is 3.26. The van der Waals surface area contributed by atoms with Crippen LogP contribution in [0.25, 0.3) is 0 Å². The number of carbonyl (C=O) groups is 2. The lowest BCUT2D eigenvalue weighted by molar-refractivity contribution is -0.134. The van der Waals surface area contributed by atoms with Crippen molar-refractivity contribution in [1.29, 1.82) is 0 Å². The summed E-state index contributed by atoms with van der Waals surface area (Å²) in [5.74, 6) is 2.85. The summed E-state index contributed by atoms with van der Waals surface area (Å²) < 4.78 is 16.0. The smallest absolute Gasteiger partial charge is 0.257 e. The fourth-order valence-electron chi connectivity index (χ4n) is 3.34. The third-order valence-corrected chi connectivity index (χ3v) is 5.77. The maximum Gasteiger partial charge on any atom is 0.257 e. The molecule has 3 rings (SSSR count). The molecule has 0 aliphatic carbocycles. The lowest BCUT2D eigenvalue weighted by Gasteiger charge is -2.36. The number of nitrogens with one attached hydrogen (secondary N) is 1. The van der Waals surface area contributed by atoms with Gasteiger partial charge in [0.1, 0.15) is 0 Å².